The first-order valence-electron chi connectivity index (χ1n) is 10.9. The fourth-order valence-corrected chi connectivity index (χ4v) is 4.96. The molecule has 0 aliphatic heterocycles. The lowest BCUT2D eigenvalue weighted by Crippen LogP contribution is -2.40. The SMILES string of the molecule is CC(C)(C)NC(=O)c1sc2c(NC(=O)/C=C/c3ccc(-c4ccccc4[N+](=O)[O-])o3)cccc2c1Cl. The third kappa shape index (κ3) is 5.48. The molecule has 0 fully saturated rings. The minimum atomic E-state index is -0.476. The van der Waals surface area contributed by atoms with Crippen molar-refractivity contribution in [2.75, 3.05) is 5.32 Å². The number of hydrogen-bond donors (Lipinski definition) is 2. The number of carbonyl (C=O) groups excluding carboxylic acids is 2. The Hall–Kier alpha value is -3.95. The molecule has 2 aromatic carbocycles. The van der Waals surface area contributed by atoms with E-state index >= 15 is 0 Å². The average molecular weight is 524 g/mol. The lowest BCUT2D eigenvalue weighted by molar-refractivity contribution is -0.384. The number of thiophene rings is 1. The number of furan rings is 1. The van der Waals surface area contributed by atoms with Gasteiger partial charge in [0.25, 0.3) is 11.6 Å². The van der Waals surface area contributed by atoms with Gasteiger partial charge in [-0.2, -0.15) is 0 Å². The molecule has 2 aromatic heterocycles. The summed E-state index contributed by atoms with van der Waals surface area (Å²) in [7, 11) is 0. The van der Waals surface area contributed by atoms with Crippen molar-refractivity contribution in [2.45, 2.75) is 26.3 Å². The Morgan fingerprint density at radius 2 is 1.83 bits per heavy atom. The summed E-state index contributed by atoms with van der Waals surface area (Å²) in [6.07, 6.45) is 2.76. The Kier molecular flexibility index (Phi) is 6.96. The minimum Gasteiger partial charge on any atom is -0.456 e. The first kappa shape index (κ1) is 25.2. The summed E-state index contributed by atoms with van der Waals surface area (Å²) in [6.45, 7) is 5.65. The van der Waals surface area contributed by atoms with Gasteiger partial charge in [-0.15, -0.1) is 11.3 Å². The number of para-hydroxylation sites is 1. The van der Waals surface area contributed by atoms with Gasteiger partial charge in [0.1, 0.15) is 16.4 Å². The van der Waals surface area contributed by atoms with Crippen LogP contribution in [0, 0.1) is 10.1 Å². The normalized spacial score (nSPS) is 11.7. The zero-order valence-corrected chi connectivity index (χ0v) is 21.2. The summed E-state index contributed by atoms with van der Waals surface area (Å²) in [5, 5.41) is 18.0. The summed E-state index contributed by atoms with van der Waals surface area (Å²) in [4.78, 5) is 36.5. The standard InChI is InChI=1S/C26H22ClN3O5S/c1-26(2,3)29-25(32)24-22(27)17-8-6-9-18(23(17)36-24)28-21(31)14-12-15-11-13-20(35-15)16-7-4-5-10-19(16)30(33)34/h4-14H,1-3H3,(H,28,31)(H,29,32)/b14-12+. The molecule has 0 saturated carbocycles. The Morgan fingerprint density at radius 3 is 2.56 bits per heavy atom. The zero-order chi connectivity index (χ0) is 26.0. The Balaban J connectivity index is 1.53. The summed E-state index contributed by atoms with van der Waals surface area (Å²) in [5.41, 5.74) is 0.372. The van der Waals surface area contributed by atoms with Crippen LogP contribution in [0.1, 0.15) is 36.2 Å². The minimum absolute atomic E-state index is 0.0709. The van der Waals surface area contributed by atoms with Crippen LogP contribution in [0.2, 0.25) is 5.02 Å². The fourth-order valence-electron chi connectivity index (χ4n) is 3.49. The van der Waals surface area contributed by atoms with Crippen LogP contribution in [-0.4, -0.2) is 22.3 Å². The van der Waals surface area contributed by atoms with Crippen molar-refractivity contribution in [1.82, 2.24) is 5.32 Å². The molecule has 0 aliphatic rings. The molecule has 2 amide bonds. The highest BCUT2D eigenvalue weighted by Gasteiger charge is 2.23. The molecule has 4 rings (SSSR count). The van der Waals surface area contributed by atoms with Crippen molar-refractivity contribution in [2.24, 2.45) is 0 Å². The van der Waals surface area contributed by atoms with Gasteiger partial charge in [-0.25, -0.2) is 0 Å². The number of nitro groups is 1. The third-order valence-electron chi connectivity index (χ3n) is 5.00. The lowest BCUT2D eigenvalue weighted by Gasteiger charge is -2.19. The summed E-state index contributed by atoms with van der Waals surface area (Å²) in [6, 6.07) is 14.8. The molecular weight excluding hydrogens is 502 g/mol. The van der Waals surface area contributed by atoms with Gasteiger partial charge in [0.2, 0.25) is 5.91 Å². The van der Waals surface area contributed by atoms with E-state index in [1.807, 2.05) is 20.8 Å². The smallest absolute Gasteiger partial charge is 0.280 e. The van der Waals surface area contributed by atoms with E-state index in [9.17, 15) is 19.7 Å². The van der Waals surface area contributed by atoms with E-state index in [-0.39, 0.29) is 11.6 Å². The number of rotatable bonds is 6. The second-order valence-corrected chi connectivity index (χ2v) is 10.3. The van der Waals surface area contributed by atoms with E-state index < -0.39 is 16.4 Å². The Bertz CT molecular complexity index is 1510. The monoisotopic (exact) mass is 523 g/mol. The van der Waals surface area contributed by atoms with Gasteiger partial charge < -0.3 is 15.1 Å². The van der Waals surface area contributed by atoms with Gasteiger partial charge in [0.15, 0.2) is 0 Å². The number of anilines is 1. The van der Waals surface area contributed by atoms with Crippen LogP contribution in [0.25, 0.3) is 27.5 Å². The molecule has 36 heavy (non-hydrogen) atoms. The quantitative estimate of drug-likeness (QED) is 0.162. The molecule has 0 radical (unpaired) electrons. The molecule has 0 saturated heterocycles. The second kappa shape index (κ2) is 9.96. The third-order valence-corrected chi connectivity index (χ3v) is 6.74. The van der Waals surface area contributed by atoms with Crippen molar-refractivity contribution in [1.29, 1.82) is 0 Å². The van der Waals surface area contributed by atoms with E-state index in [2.05, 4.69) is 10.6 Å². The number of carbonyl (C=O) groups is 2. The highest BCUT2D eigenvalue weighted by Crippen LogP contribution is 2.39. The number of halogens is 1. The molecule has 2 N–H and O–H groups in total. The Labute approximate surface area is 215 Å². The van der Waals surface area contributed by atoms with E-state index in [0.717, 1.165) is 0 Å². The molecule has 0 bridgehead atoms. The van der Waals surface area contributed by atoms with Gasteiger partial charge in [-0.05, 0) is 51.1 Å². The van der Waals surface area contributed by atoms with Crippen LogP contribution in [-0.2, 0) is 4.79 Å². The van der Waals surface area contributed by atoms with E-state index in [1.54, 1.807) is 48.5 Å². The van der Waals surface area contributed by atoms with Gasteiger partial charge in [-0.1, -0.05) is 35.9 Å². The first-order chi connectivity index (χ1) is 17.0. The maximum absolute atomic E-state index is 12.7. The molecule has 184 valence electrons. The van der Waals surface area contributed by atoms with Crippen molar-refractivity contribution in [3.63, 3.8) is 0 Å². The summed E-state index contributed by atoms with van der Waals surface area (Å²) in [5.74, 6) is -0.0206. The van der Waals surface area contributed by atoms with Crippen LogP contribution in [0.15, 0.2) is 65.1 Å². The Morgan fingerprint density at radius 1 is 1.08 bits per heavy atom. The number of nitro benzene ring substituents is 1. The van der Waals surface area contributed by atoms with E-state index in [1.165, 1.54) is 29.6 Å². The van der Waals surface area contributed by atoms with E-state index in [4.69, 9.17) is 16.0 Å². The van der Waals surface area contributed by atoms with Crippen LogP contribution in [0.3, 0.4) is 0 Å². The zero-order valence-electron chi connectivity index (χ0n) is 19.6. The second-order valence-electron chi connectivity index (χ2n) is 8.93. The van der Waals surface area contributed by atoms with E-state index in [0.29, 0.717) is 42.8 Å². The number of nitrogens with one attached hydrogen (secondary N) is 2. The molecule has 10 heteroatoms. The number of nitrogens with zero attached hydrogens (tertiary/aromatic N) is 1. The van der Waals surface area contributed by atoms with Crippen molar-refractivity contribution >= 4 is 62.3 Å². The fraction of sp³-hybridized carbons (Fsp3) is 0.154. The average Bonchev–Trinajstić information content (AvgIpc) is 3.42. The van der Waals surface area contributed by atoms with Gasteiger partial charge in [0, 0.05) is 23.1 Å². The highest BCUT2D eigenvalue weighted by atomic mass is 35.5. The van der Waals surface area contributed by atoms with Gasteiger partial charge in [-0.3, -0.25) is 19.7 Å². The number of fused-ring (bicyclic) bond motifs is 1. The largest absolute Gasteiger partial charge is 0.456 e. The lowest BCUT2D eigenvalue weighted by atomic mass is 10.1. The molecule has 2 heterocycles. The number of benzene rings is 2. The molecule has 0 unspecified atom stereocenters. The summed E-state index contributed by atoms with van der Waals surface area (Å²) < 4.78 is 6.37. The van der Waals surface area contributed by atoms with Crippen LogP contribution in [0.5, 0.6) is 0 Å². The number of amides is 2. The van der Waals surface area contributed by atoms with Gasteiger partial charge >= 0.3 is 0 Å². The van der Waals surface area contributed by atoms with Crippen LogP contribution >= 0.6 is 22.9 Å². The summed E-state index contributed by atoms with van der Waals surface area (Å²) >= 11 is 7.69. The maximum Gasteiger partial charge on any atom is 0.280 e. The molecule has 0 atom stereocenters. The predicted molar refractivity (Wildman–Crippen MR) is 143 cm³/mol. The van der Waals surface area contributed by atoms with Gasteiger partial charge in [0.05, 0.1) is 25.9 Å². The van der Waals surface area contributed by atoms with Crippen LogP contribution in [0.4, 0.5) is 11.4 Å². The molecule has 8 nitrogen and oxygen atoms in total. The van der Waals surface area contributed by atoms with Crippen LogP contribution < -0.4 is 10.6 Å². The molecule has 0 aliphatic carbocycles. The number of hydrogen-bond acceptors (Lipinski definition) is 6. The maximum atomic E-state index is 12.7. The van der Waals surface area contributed by atoms with Crippen molar-refractivity contribution < 1.29 is 18.9 Å². The highest BCUT2D eigenvalue weighted by molar-refractivity contribution is 7.22. The van der Waals surface area contributed by atoms with Crippen molar-refractivity contribution in [3.05, 3.63) is 86.4 Å². The molecule has 4 aromatic rings. The molecular formula is C26H22ClN3O5S. The van der Waals surface area contributed by atoms with Crippen molar-refractivity contribution in [3.8, 4) is 11.3 Å². The topological polar surface area (TPSA) is 114 Å². The first-order valence-corrected chi connectivity index (χ1v) is 12.1. The molecule has 0 spiro atoms. The predicted octanol–water partition coefficient (Wildman–Crippen LogP) is 6.90.